The fraction of sp³-hybridized carbons (Fsp3) is 0.316. The quantitative estimate of drug-likeness (QED) is 0.787. The van der Waals surface area contributed by atoms with Gasteiger partial charge in [-0.05, 0) is 32.9 Å². The molecule has 26 heavy (non-hydrogen) atoms. The number of methoxy groups -OCH3 is 1. The molecule has 136 valence electrons. The third kappa shape index (κ3) is 3.33. The topological polar surface area (TPSA) is 81.3 Å². The molecule has 0 fully saturated rings. The van der Waals surface area contributed by atoms with Crippen molar-refractivity contribution >= 4 is 17.7 Å². The largest absolute Gasteiger partial charge is 0.463 e. The van der Waals surface area contributed by atoms with E-state index in [1.807, 2.05) is 31.2 Å². The average Bonchev–Trinajstić information content (AvgIpc) is 3.08. The predicted molar refractivity (Wildman–Crippen MR) is 93.5 cm³/mol. The molecule has 0 radical (unpaired) electrons. The van der Waals surface area contributed by atoms with Crippen LogP contribution in [0, 0.1) is 6.92 Å². The zero-order valence-corrected chi connectivity index (χ0v) is 15.1. The Morgan fingerprint density at radius 3 is 2.54 bits per heavy atom. The number of hydrogen-bond acceptors (Lipinski definition) is 6. The van der Waals surface area contributed by atoms with Crippen LogP contribution in [0.5, 0.6) is 0 Å². The van der Waals surface area contributed by atoms with Crippen LogP contribution in [0.1, 0.15) is 41.3 Å². The van der Waals surface area contributed by atoms with E-state index in [9.17, 15) is 9.59 Å². The maximum Gasteiger partial charge on any atom is 0.373 e. The molecule has 0 saturated heterocycles. The Labute approximate surface area is 151 Å². The zero-order valence-electron chi connectivity index (χ0n) is 15.1. The van der Waals surface area contributed by atoms with Crippen molar-refractivity contribution in [3.05, 3.63) is 59.0 Å². The number of aryl methyl sites for hydroxylation is 1. The summed E-state index contributed by atoms with van der Waals surface area (Å²) in [5.74, 6) is 0.0919. The van der Waals surface area contributed by atoms with E-state index in [2.05, 4.69) is 9.89 Å². The summed E-state index contributed by atoms with van der Waals surface area (Å²) in [6.45, 7) is 5.40. The number of benzene rings is 1. The molecule has 0 unspecified atom stereocenters. The maximum atomic E-state index is 12.9. The SMILES string of the molecule is COC(=O)c1ccc(CN2C(=O)C(C)(C)ON=C2c2ccc(C)cc2)o1. The van der Waals surface area contributed by atoms with Crippen molar-refractivity contribution in [2.24, 2.45) is 5.16 Å². The van der Waals surface area contributed by atoms with Gasteiger partial charge in [0.2, 0.25) is 11.4 Å². The fourth-order valence-electron chi connectivity index (χ4n) is 2.55. The van der Waals surface area contributed by atoms with Gasteiger partial charge in [-0.25, -0.2) is 4.79 Å². The molecule has 1 aliphatic heterocycles. The van der Waals surface area contributed by atoms with Gasteiger partial charge in [-0.2, -0.15) is 0 Å². The first-order valence-electron chi connectivity index (χ1n) is 8.14. The number of carbonyl (C=O) groups excluding carboxylic acids is 2. The molecular weight excluding hydrogens is 336 g/mol. The molecule has 7 nitrogen and oxygen atoms in total. The van der Waals surface area contributed by atoms with Crippen LogP contribution in [0.25, 0.3) is 0 Å². The fourth-order valence-corrected chi connectivity index (χ4v) is 2.55. The molecule has 1 aliphatic rings. The summed E-state index contributed by atoms with van der Waals surface area (Å²) in [5.41, 5.74) is 0.753. The van der Waals surface area contributed by atoms with Crippen LogP contribution < -0.4 is 0 Å². The summed E-state index contributed by atoms with van der Waals surface area (Å²) in [7, 11) is 1.28. The number of amidine groups is 1. The van der Waals surface area contributed by atoms with Gasteiger partial charge in [0.05, 0.1) is 13.7 Å². The van der Waals surface area contributed by atoms with E-state index in [1.165, 1.54) is 18.1 Å². The smallest absolute Gasteiger partial charge is 0.373 e. The van der Waals surface area contributed by atoms with Crippen molar-refractivity contribution < 1.29 is 23.6 Å². The molecule has 3 rings (SSSR count). The molecule has 0 spiro atoms. The predicted octanol–water partition coefficient (Wildman–Crippen LogP) is 2.87. The van der Waals surface area contributed by atoms with Crippen LogP contribution in [0.15, 0.2) is 46.0 Å². The Morgan fingerprint density at radius 1 is 1.19 bits per heavy atom. The summed E-state index contributed by atoms with van der Waals surface area (Å²) in [6.07, 6.45) is 0. The molecule has 0 N–H and O–H groups in total. The number of esters is 1. The number of oxime groups is 1. The second-order valence-corrected chi connectivity index (χ2v) is 6.53. The number of nitrogens with zero attached hydrogens (tertiary/aromatic N) is 2. The highest BCUT2D eigenvalue weighted by atomic mass is 16.7. The molecule has 1 aromatic carbocycles. The summed E-state index contributed by atoms with van der Waals surface area (Å²) in [4.78, 5) is 31.3. The van der Waals surface area contributed by atoms with Gasteiger partial charge in [0.15, 0.2) is 5.84 Å². The van der Waals surface area contributed by atoms with Crippen molar-refractivity contribution in [3.63, 3.8) is 0 Å². The van der Waals surface area contributed by atoms with Crippen LogP contribution in [-0.2, 0) is 20.9 Å². The summed E-state index contributed by atoms with van der Waals surface area (Å²) < 4.78 is 10.1. The van der Waals surface area contributed by atoms with Gasteiger partial charge in [0.25, 0.3) is 5.91 Å². The minimum absolute atomic E-state index is 0.0799. The summed E-state index contributed by atoms with van der Waals surface area (Å²) in [6, 6.07) is 10.8. The molecule has 1 aromatic heterocycles. The van der Waals surface area contributed by atoms with Gasteiger partial charge in [-0.3, -0.25) is 9.69 Å². The third-order valence-corrected chi connectivity index (χ3v) is 4.05. The van der Waals surface area contributed by atoms with E-state index in [0.29, 0.717) is 11.6 Å². The Balaban J connectivity index is 1.94. The van der Waals surface area contributed by atoms with Crippen LogP contribution in [-0.4, -0.2) is 35.3 Å². The Bertz CT molecular complexity index is 864. The highest BCUT2D eigenvalue weighted by molar-refractivity contribution is 6.10. The summed E-state index contributed by atoms with van der Waals surface area (Å²) >= 11 is 0. The van der Waals surface area contributed by atoms with Gasteiger partial charge in [0.1, 0.15) is 5.76 Å². The first kappa shape index (κ1) is 17.7. The van der Waals surface area contributed by atoms with E-state index >= 15 is 0 Å². The minimum Gasteiger partial charge on any atom is -0.463 e. The number of amides is 1. The van der Waals surface area contributed by atoms with E-state index in [1.54, 1.807) is 19.9 Å². The number of hydrogen-bond donors (Lipinski definition) is 0. The van der Waals surface area contributed by atoms with Crippen LogP contribution >= 0.6 is 0 Å². The van der Waals surface area contributed by atoms with Gasteiger partial charge in [-0.15, -0.1) is 0 Å². The van der Waals surface area contributed by atoms with Gasteiger partial charge in [0, 0.05) is 5.56 Å². The Kier molecular flexibility index (Phi) is 4.54. The third-order valence-electron chi connectivity index (χ3n) is 4.05. The maximum absolute atomic E-state index is 12.9. The van der Waals surface area contributed by atoms with Crippen molar-refractivity contribution in [1.82, 2.24) is 4.90 Å². The van der Waals surface area contributed by atoms with Crippen molar-refractivity contribution in [2.75, 3.05) is 7.11 Å². The van der Waals surface area contributed by atoms with Gasteiger partial charge in [-0.1, -0.05) is 35.0 Å². The van der Waals surface area contributed by atoms with E-state index in [0.717, 1.165) is 11.1 Å². The normalized spacial score (nSPS) is 16.1. The highest BCUT2D eigenvalue weighted by Crippen LogP contribution is 2.25. The van der Waals surface area contributed by atoms with Crippen molar-refractivity contribution in [2.45, 2.75) is 32.9 Å². The lowest BCUT2D eigenvalue weighted by Gasteiger charge is -2.34. The molecule has 2 aromatic rings. The molecule has 2 heterocycles. The molecular formula is C19H20N2O5. The van der Waals surface area contributed by atoms with E-state index in [-0.39, 0.29) is 18.2 Å². The van der Waals surface area contributed by atoms with Gasteiger partial charge >= 0.3 is 5.97 Å². The number of ether oxygens (including phenoxy) is 1. The number of furan rings is 1. The van der Waals surface area contributed by atoms with E-state index in [4.69, 9.17) is 9.25 Å². The first-order chi connectivity index (χ1) is 12.3. The standard InChI is InChI=1S/C19H20N2O5/c1-12-5-7-13(8-6-12)16-20-26-19(2,3)18(23)21(16)11-14-9-10-15(25-14)17(22)24-4/h5-10H,11H2,1-4H3. The Hall–Kier alpha value is -3.09. The molecule has 0 aliphatic carbocycles. The lowest BCUT2D eigenvalue weighted by molar-refractivity contribution is -0.155. The second kappa shape index (κ2) is 6.67. The van der Waals surface area contributed by atoms with Crippen LogP contribution in [0.4, 0.5) is 0 Å². The first-order valence-corrected chi connectivity index (χ1v) is 8.14. The van der Waals surface area contributed by atoms with Crippen molar-refractivity contribution in [1.29, 1.82) is 0 Å². The molecule has 0 bridgehead atoms. The number of rotatable bonds is 4. The monoisotopic (exact) mass is 356 g/mol. The molecule has 1 amide bonds. The highest BCUT2D eigenvalue weighted by Gasteiger charge is 2.41. The lowest BCUT2D eigenvalue weighted by atomic mass is 10.0. The zero-order chi connectivity index (χ0) is 18.9. The Morgan fingerprint density at radius 2 is 1.88 bits per heavy atom. The van der Waals surface area contributed by atoms with Crippen LogP contribution in [0.3, 0.4) is 0 Å². The van der Waals surface area contributed by atoms with Crippen molar-refractivity contribution in [3.8, 4) is 0 Å². The average molecular weight is 356 g/mol. The molecule has 0 atom stereocenters. The number of carbonyl (C=O) groups is 2. The second-order valence-electron chi connectivity index (χ2n) is 6.53. The van der Waals surface area contributed by atoms with E-state index < -0.39 is 11.6 Å². The minimum atomic E-state index is -1.09. The summed E-state index contributed by atoms with van der Waals surface area (Å²) in [5, 5.41) is 4.16. The van der Waals surface area contributed by atoms with Gasteiger partial charge < -0.3 is 14.0 Å². The lowest BCUT2D eigenvalue weighted by Crippen LogP contribution is -2.52. The molecule has 0 saturated carbocycles. The molecule has 7 heteroatoms. The van der Waals surface area contributed by atoms with Crippen LogP contribution in [0.2, 0.25) is 0 Å².